The molecule has 1 aliphatic rings. The van der Waals surface area contributed by atoms with Crippen LogP contribution >= 0.6 is 0 Å². The SMILES string of the molecule is O=C(OCc1ccccc1F)c1cc(S(=O)(=O)N2CCOCC2)ccc1F. The molecule has 144 valence electrons. The topological polar surface area (TPSA) is 72.9 Å². The molecule has 6 nitrogen and oxygen atoms in total. The lowest BCUT2D eigenvalue weighted by molar-refractivity contribution is 0.0463. The number of rotatable bonds is 5. The highest BCUT2D eigenvalue weighted by Crippen LogP contribution is 2.21. The van der Waals surface area contributed by atoms with Gasteiger partial charge in [0.15, 0.2) is 0 Å². The minimum absolute atomic E-state index is 0.128. The first kappa shape index (κ1) is 19.4. The second kappa shape index (κ2) is 8.12. The van der Waals surface area contributed by atoms with Gasteiger partial charge in [-0.15, -0.1) is 0 Å². The van der Waals surface area contributed by atoms with E-state index in [1.165, 1.54) is 22.5 Å². The summed E-state index contributed by atoms with van der Waals surface area (Å²) in [5.74, 6) is -2.56. The van der Waals surface area contributed by atoms with E-state index in [-0.39, 0.29) is 36.8 Å². The van der Waals surface area contributed by atoms with Gasteiger partial charge < -0.3 is 9.47 Å². The molecule has 0 saturated carbocycles. The lowest BCUT2D eigenvalue weighted by Crippen LogP contribution is -2.40. The number of carbonyl (C=O) groups is 1. The maximum absolute atomic E-state index is 14.1. The molecule has 0 spiro atoms. The quantitative estimate of drug-likeness (QED) is 0.725. The third kappa shape index (κ3) is 4.32. The van der Waals surface area contributed by atoms with E-state index in [1.54, 1.807) is 6.07 Å². The molecule has 1 fully saturated rings. The molecule has 0 atom stereocenters. The Hall–Kier alpha value is -2.36. The molecule has 0 aromatic heterocycles. The van der Waals surface area contributed by atoms with Crippen molar-refractivity contribution in [2.45, 2.75) is 11.5 Å². The number of hydrogen-bond donors (Lipinski definition) is 0. The highest BCUT2D eigenvalue weighted by Gasteiger charge is 2.28. The summed E-state index contributed by atoms with van der Waals surface area (Å²) in [7, 11) is -3.89. The minimum atomic E-state index is -3.89. The summed E-state index contributed by atoms with van der Waals surface area (Å²) < 4.78 is 64.2. The van der Waals surface area contributed by atoms with Gasteiger partial charge in [-0.2, -0.15) is 4.31 Å². The molecule has 0 amide bonds. The van der Waals surface area contributed by atoms with Gasteiger partial charge in [-0.3, -0.25) is 0 Å². The fourth-order valence-corrected chi connectivity index (χ4v) is 4.03. The van der Waals surface area contributed by atoms with E-state index in [2.05, 4.69) is 0 Å². The highest BCUT2D eigenvalue weighted by atomic mass is 32.2. The summed E-state index contributed by atoms with van der Waals surface area (Å²) in [6, 6.07) is 8.62. The largest absolute Gasteiger partial charge is 0.457 e. The molecule has 0 N–H and O–H groups in total. The van der Waals surface area contributed by atoms with Crippen LogP contribution in [-0.2, 0) is 26.1 Å². The Morgan fingerprint density at radius 2 is 1.78 bits per heavy atom. The van der Waals surface area contributed by atoms with Crippen LogP contribution in [0.1, 0.15) is 15.9 Å². The number of carbonyl (C=O) groups excluding carboxylic acids is 1. The van der Waals surface area contributed by atoms with E-state index < -0.39 is 39.8 Å². The second-order valence-corrected chi connectivity index (χ2v) is 7.76. The molecule has 2 aromatic carbocycles. The molecule has 0 radical (unpaired) electrons. The van der Waals surface area contributed by atoms with Gasteiger partial charge in [-0.05, 0) is 24.3 Å². The molecular weight excluding hydrogens is 380 g/mol. The van der Waals surface area contributed by atoms with Crippen LogP contribution in [0.3, 0.4) is 0 Å². The van der Waals surface area contributed by atoms with E-state index in [1.807, 2.05) is 0 Å². The standard InChI is InChI=1S/C18H17F2NO5S/c19-16-4-2-1-3-13(16)12-26-18(22)15-11-14(5-6-17(15)20)27(23,24)21-7-9-25-10-8-21/h1-6,11H,7-10,12H2. The number of benzene rings is 2. The molecule has 1 saturated heterocycles. The molecule has 9 heteroatoms. The predicted molar refractivity (Wildman–Crippen MR) is 91.5 cm³/mol. The van der Waals surface area contributed by atoms with Crippen molar-refractivity contribution in [2.24, 2.45) is 0 Å². The Bertz CT molecular complexity index is 943. The van der Waals surface area contributed by atoms with Crippen molar-refractivity contribution in [1.82, 2.24) is 4.31 Å². The summed E-state index contributed by atoms with van der Waals surface area (Å²) in [4.78, 5) is 12.0. The van der Waals surface area contributed by atoms with Gasteiger partial charge in [0.05, 0.1) is 23.7 Å². The van der Waals surface area contributed by atoms with Crippen LogP contribution in [0.5, 0.6) is 0 Å². The summed E-state index contributed by atoms with van der Waals surface area (Å²) in [5, 5.41) is 0. The van der Waals surface area contributed by atoms with Crippen molar-refractivity contribution in [3.05, 3.63) is 65.2 Å². The fraction of sp³-hybridized carbons (Fsp3) is 0.278. The van der Waals surface area contributed by atoms with E-state index in [0.29, 0.717) is 0 Å². The van der Waals surface area contributed by atoms with Crippen LogP contribution in [0.15, 0.2) is 47.4 Å². The monoisotopic (exact) mass is 397 g/mol. The summed E-state index contributed by atoms with van der Waals surface area (Å²) in [6.45, 7) is 0.473. The van der Waals surface area contributed by atoms with Gasteiger partial charge in [-0.25, -0.2) is 22.0 Å². The average Bonchev–Trinajstić information content (AvgIpc) is 2.68. The minimum Gasteiger partial charge on any atom is -0.457 e. The third-order valence-corrected chi connectivity index (χ3v) is 5.98. The smallest absolute Gasteiger partial charge is 0.341 e. The molecule has 0 aliphatic carbocycles. The Labute approximate surface area is 155 Å². The highest BCUT2D eigenvalue weighted by molar-refractivity contribution is 7.89. The molecule has 0 bridgehead atoms. The second-order valence-electron chi connectivity index (χ2n) is 5.83. The van der Waals surface area contributed by atoms with Crippen molar-refractivity contribution < 1.29 is 31.5 Å². The molecule has 1 heterocycles. The number of hydrogen-bond acceptors (Lipinski definition) is 5. The molecule has 1 aliphatic heterocycles. The van der Waals surface area contributed by atoms with Gasteiger partial charge in [0.25, 0.3) is 0 Å². The number of esters is 1. The van der Waals surface area contributed by atoms with Gasteiger partial charge in [0.1, 0.15) is 18.2 Å². The van der Waals surface area contributed by atoms with Crippen LogP contribution in [0.2, 0.25) is 0 Å². The van der Waals surface area contributed by atoms with Gasteiger partial charge in [-0.1, -0.05) is 18.2 Å². The van der Waals surface area contributed by atoms with E-state index in [0.717, 1.165) is 18.2 Å². The molecule has 3 rings (SSSR count). The fourth-order valence-electron chi connectivity index (χ4n) is 2.59. The van der Waals surface area contributed by atoms with Crippen molar-refractivity contribution >= 4 is 16.0 Å². The first-order valence-corrected chi connectivity index (χ1v) is 9.61. The van der Waals surface area contributed by atoms with Crippen molar-refractivity contribution in [1.29, 1.82) is 0 Å². The maximum Gasteiger partial charge on any atom is 0.341 e. The zero-order valence-electron chi connectivity index (χ0n) is 14.2. The van der Waals surface area contributed by atoms with Crippen LogP contribution in [0, 0.1) is 11.6 Å². The number of ether oxygens (including phenoxy) is 2. The van der Waals surface area contributed by atoms with Crippen LogP contribution < -0.4 is 0 Å². The number of morpholine rings is 1. The molecular formula is C18H17F2NO5S. The number of halogens is 2. The maximum atomic E-state index is 14.1. The molecule has 0 unspecified atom stereocenters. The Morgan fingerprint density at radius 3 is 2.48 bits per heavy atom. The van der Waals surface area contributed by atoms with Gasteiger partial charge >= 0.3 is 5.97 Å². The zero-order chi connectivity index (χ0) is 19.4. The third-order valence-electron chi connectivity index (χ3n) is 4.08. The zero-order valence-corrected chi connectivity index (χ0v) is 15.0. The Morgan fingerprint density at radius 1 is 1.07 bits per heavy atom. The summed E-state index contributed by atoms with van der Waals surface area (Å²) >= 11 is 0. The molecule has 2 aromatic rings. The summed E-state index contributed by atoms with van der Waals surface area (Å²) in [6.07, 6.45) is 0. The van der Waals surface area contributed by atoms with Gasteiger partial charge in [0, 0.05) is 18.7 Å². The first-order chi connectivity index (χ1) is 12.9. The van der Waals surface area contributed by atoms with E-state index in [9.17, 15) is 22.0 Å². The van der Waals surface area contributed by atoms with Crippen molar-refractivity contribution in [2.75, 3.05) is 26.3 Å². The van der Waals surface area contributed by atoms with E-state index >= 15 is 0 Å². The Balaban J connectivity index is 1.80. The average molecular weight is 397 g/mol. The normalized spacial score (nSPS) is 15.5. The van der Waals surface area contributed by atoms with Crippen molar-refractivity contribution in [3.63, 3.8) is 0 Å². The van der Waals surface area contributed by atoms with Crippen LogP contribution in [0.25, 0.3) is 0 Å². The Kier molecular flexibility index (Phi) is 5.83. The van der Waals surface area contributed by atoms with Crippen LogP contribution in [-0.4, -0.2) is 45.0 Å². The lowest BCUT2D eigenvalue weighted by atomic mass is 10.2. The van der Waals surface area contributed by atoms with Crippen molar-refractivity contribution in [3.8, 4) is 0 Å². The van der Waals surface area contributed by atoms with Gasteiger partial charge in [0.2, 0.25) is 10.0 Å². The lowest BCUT2D eigenvalue weighted by Gasteiger charge is -2.26. The predicted octanol–water partition coefficient (Wildman–Crippen LogP) is 2.34. The summed E-state index contributed by atoms with van der Waals surface area (Å²) in [5.41, 5.74) is -0.399. The number of sulfonamides is 1. The van der Waals surface area contributed by atoms with Crippen LogP contribution in [0.4, 0.5) is 8.78 Å². The number of nitrogens with zero attached hydrogens (tertiary/aromatic N) is 1. The molecule has 27 heavy (non-hydrogen) atoms. The van der Waals surface area contributed by atoms with E-state index in [4.69, 9.17) is 9.47 Å². The first-order valence-electron chi connectivity index (χ1n) is 8.17.